The normalized spacial score (nSPS) is 28.0. The van der Waals surface area contributed by atoms with E-state index in [0.29, 0.717) is 32.2 Å². The zero-order valence-corrected chi connectivity index (χ0v) is 16.1. The van der Waals surface area contributed by atoms with Crippen LogP contribution in [0.1, 0.15) is 32.8 Å². The third kappa shape index (κ3) is 4.34. The summed E-state index contributed by atoms with van der Waals surface area (Å²) in [6.07, 6.45) is 2.04. The van der Waals surface area contributed by atoms with E-state index in [1.54, 1.807) is 0 Å². The van der Waals surface area contributed by atoms with E-state index in [1.807, 2.05) is 19.9 Å². The van der Waals surface area contributed by atoms with Crippen molar-refractivity contribution in [2.45, 2.75) is 51.9 Å². The lowest BCUT2D eigenvalue weighted by molar-refractivity contribution is -0.0443. The fraction of sp³-hybridized carbons (Fsp3) is 0.667. The molecular formula is C18H29N3O3S. The Morgan fingerprint density at radius 1 is 1.16 bits per heavy atom. The molecule has 1 fully saturated rings. The number of ether oxygens (including phenoxy) is 1. The first kappa shape index (κ1) is 18.6. The lowest BCUT2D eigenvalue weighted by atomic mass is 9.97. The molecule has 0 amide bonds. The van der Waals surface area contributed by atoms with E-state index in [4.69, 9.17) is 4.74 Å². The number of aryl methyl sites for hydroxylation is 1. The van der Waals surface area contributed by atoms with Crippen molar-refractivity contribution in [1.29, 1.82) is 0 Å². The first-order valence-corrected chi connectivity index (χ1v) is 10.6. The van der Waals surface area contributed by atoms with Gasteiger partial charge in [-0.3, -0.25) is 0 Å². The highest BCUT2D eigenvalue weighted by Gasteiger charge is 2.31. The largest absolute Gasteiger partial charge is 0.373 e. The molecule has 3 unspecified atom stereocenters. The molecule has 2 heterocycles. The van der Waals surface area contributed by atoms with Gasteiger partial charge in [0.2, 0.25) is 0 Å². The molecular weight excluding hydrogens is 338 g/mol. The summed E-state index contributed by atoms with van der Waals surface area (Å²) in [6.45, 7) is 7.91. The number of nitrogens with zero attached hydrogens (tertiary/aromatic N) is 2. The van der Waals surface area contributed by atoms with Gasteiger partial charge >= 0.3 is 0 Å². The number of benzene rings is 1. The van der Waals surface area contributed by atoms with Gasteiger partial charge in [0, 0.05) is 37.9 Å². The fourth-order valence-corrected chi connectivity index (χ4v) is 5.16. The average Bonchev–Trinajstić information content (AvgIpc) is 2.56. The van der Waals surface area contributed by atoms with E-state index >= 15 is 0 Å². The van der Waals surface area contributed by atoms with E-state index in [1.165, 1.54) is 15.6 Å². The highest BCUT2D eigenvalue weighted by atomic mass is 32.2. The molecule has 1 N–H and O–H groups in total. The summed E-state index contributed by atoms with van der Waals surface area (Å²) in [5.41, 5.74) is 2.58. The Balaban J connectivity index is 1.61. The summed E-state index contributed by atoms with van der Waals surface area (Å²) in [5, 5.41) is 0. The van der Waals surface area contributed by atoms with Gasteiger partial charge in [0.1, 0.15) is 0 Å². The van der Waals surface area contributed by atoms with Crippen LogP contribution in [0.3, 0.4) is 0 Å². The van der Waals surface area contributed by atoms with Crippen LogP contribution in [0.4, 0.5) is 5.69 Å². The molecule has 0 saturated carbocycles. The van der Waals surface area contributed by atoms with Crippen LogP contribution < -0.4 is 9.62 Å². The molecule has 3 atom stereocenters. The molecule has 0 radical (unpaired) electrons. The van der Waals surface area contributed by atoms with Crippen molar-refractivity contribution in [1.82, 2.24) is 9.03 Å². The summed E-state index contributed by atoms with van der Waals surface area (Å²) in [6, 6.07) is 8.82. The summed E-state index contributed by atoms with van der Waals surface area (Å²) in [4.78, 5) is 2.31. The van der Waals surface area contributed by atoms with E-state index in [0.717, 1.165) is 12.8 Å². The van der Waals surface area contributed by atoms with Crippen molar-refractivity contribution < 1.29 is 13.2 Å². The number of morpholine rings is 1. The number of nitrogens with one attached hydrogen (secondary N) is 1. The minimum absolute atomic E-state index is 0.0747. The number of fused-ring (bicyclic) bond motifs is 1. The van der Waals surface area contributed by atoms with Crippen molar-refractivity contribution in [2.24, 2.45) is 0 Å². The van der Waals surface area contributed by atoms with Gasteiger partial charge in [0.15, 0.2) is 0 Å². The van der Waals surface area contributed by atoms with Crippen molar-refractivity contribution in [3.63, 3.8) is 0 Å². The summed E-state index contributed by atoms with van der Waals surface area (Å²) < 4.78 is 35.1. The maximum absolute atomic E-state index is 12.6. The highest BCUT2D eigenvalue weighted by Crippen LogP contribution is 2.29. The van der Waals surface area contributed by atoms with Crippen LogP contribution in [-0.2, 0) is 21.4 Å². The second kappa shape index (κ2) is 7.61. The molecule has 2 aliphatic rings. The minimum atomic E-state index is -3.47. The molecule has 7 heteroatoms. The van der Waals surface area contributed by atoms with Gasteiger partial charge in [0.05, 0.1) is 12.2 Å². The van der Waals surface area contributed by atoms with Crippen molar-refractivity contribution in [3.05, 3.63) is 29.8 Å². The third-order valence-corrected chi connectivity index (χ3v) is 6.57. The molecule has 3 rings (SSSR count). The SMILES string of the molecule is CC1CN(S(=O)(=O)NCCN2c3ccccc3CCC2C)CC(C)O1. The Bertz CT molecular complexity index is 685. The Kier molecular flexibility index (Phi) is 5.68. The van der Waals surface area contributed by atoms with E-state index in [2.05, 4.69) is 34.7 Å². The van der Waals surface area contributed by atoms with E-state index in [9.17, 15) is 8.42 Å². The molecule has 1 saturated heterocycles. The van der Waals surface area contributed by atoms with Crippen LogP contribution in [0.25, 0.3) is 0 Å². The van der Waals surface area contributed by atoms with Crippen LogP contribution in [0.5, 0.6) is 0 Å². The lowest BCUT2D eigenvalue weighted by Crippen LogP contribution is -2.53. The molecule has 0 aliphatic carbocycles. The first-order chi connectivity index (χ1) is 11.9. The molecule has 0 aromatic heterocycles. The summed E-state index contributed by atoms with van der Waals surface area (Å²) in [7, 11) is -3.47. The second-order valence-corrected chi connectivity index (χ2v) is 8.94. The van der Waals surface area contributed by atoms with Gasteiger partial charge in [-0.25, -0.2) is 4.72 Å². The van der Waals surface area contributed by atoms with Gasteiger partial charge in [-0.1, -0.05) is 18.2 Å². The van der Waals surface area contributed by atoms with E-state index in [-0.39, 0.29) is 12.2 Å². The fourth-order valence-electron chi connectivity index (χ4n) is 3.81. The number of para-hydroxylation sites is 1. The molecule has 140 valence electrons. The molecule has 1 aromatic carbocycles. The van der Waals surface area contributed by atoms with Gasteiger partial charge in [-0.2, -0.15) is 12.7 Å². The summed E-state index contributed by atoms with van der Waals surface area (Å²) in [5.74, 6) is 0. The predicted octanol–water partition coefficient (Wildman–Crippen LogP) is 1.77. The van der Waals surface area contributed by atoms with Gasteiger partial charge in [0.25, 0.3) is 10.2 Å². The lowest BCUT2D eigenvalue weighted by Gasteiger charge is -2.38. The Morgan fingerprint density at radius 3 is 2.56 bits per heavy atom. The highest BCUT2D eigenvalue weighted by molar-refractivity contribution is 7.87. The monoisotopic (exact) mass is 367 g/mol. The molecule has 0 spiro atoms. The maximum Gasteiger partial charge on any atom is 0.279 e. The number of hydrogen-bond acceptors (Lipinski definition) is 4. The molecule has 0 bridgehead atoms. The molecule has 2 aliphatic heterocycles. The maximum atomic E-state index is 12.6. The number of rotatable bonds is 5. The number of anilines is 1. The Labute approximate surface area is 151 Å². The van der Waals surface area contributed by atoms with Crippen molar-refractivity contribution in [3.8, 4) is 0 Å². The van der Waals surface area contributed by atoms with Crippen LogP contribution >= 0.6 is 0 Å². The third-order valence-electron chi connectivity index (χ3n) is 5.03. The van der Waals surface area contributed by atoms with Crippen molar-refractivity contribution in [2.75, 3.05) is 31.1 Å². The van der Waals surface area contributed by atoms with E-state index < -0.39 is 10.2 Å². The zero-order chi connectivity index (χ0) is 18.0. The van der Waals surface area contributed by atoms with Gasteiger partial charge < -0.3 is 9.64 Å². The zero-order valence-electron chi connectivity index (χ0n) is 15.3. The Morgan fingerprint density at radius 2 is 1.84 bits per heavy atom. The molecule has 6 nitrogen and oxygen atoms in total. The van der Waals surface area contributed by atoms with Crippen LogP contribution in [0.15, 0.2) is 24.3 Å². The average molecular weight is 368 g/mol. The van der Waals surface area contributed by atoms with Crippen LogP contribution in [0.2, 0.25) is 0 Å². The van der Waals surface area contributed by atoms with Gasteiger partial charge in [-0.15, -0.1) is 0 Å². The Hall–Kier alpha value is -1.15. The van der Waals surface area contributed by atoms with Crippen LogP contribution in [0, 0.1) is 0 Å². The molecule has 1 aromatic rings. The van der Waals surface area contributed by atoms with Crippen LogP contribution in [-0.4, -0.2) is 57.2 Å². The quantitative estimate of drug-likeness (QED) is 0.862. The molecule has 25 heavy (non-hydrogen) atoms. The van der Waals surface area contributed by atoms with Crippen molar-refractivity contribution >= 4 is 15.9 Å². The number of hydrogen-bond donors (Lipinski definition) is 1. The predicted molar refractivity (Wildman–Crippen MR) is 100 cm³/mol. The first-order valence-electron chi connectivity index (χ1n) is 9.11. The van der Waals surface area contributed by atoms with Gasteiger partial charge in [-0.05, 0) is 45.2 Å². The standard InChI is InChI=1S/C18H29N3O3S/c1-14-8-9-17-6-4-5-7-18(17)21(14)11-10-19-25(22,23)20-12-15(2)24-16(3)13-20/h4-7,14-16,19H,8-13H2,1-3H3. The summed E-state index contributed by atoms with van der Waals surface area (Å²) >= 11 is 0. The smallest absolute Gasteiger partial charge is 0.279 e. The minimum Gasteiger partial charge on any atom is -0.373 e. The topological polar surface area (TPSA) is 61.9 Å². The second-order valence-electron chi connectivity index (χ2n) is 7.18.